The van der Waals surface area contributed by atoms with Gasteiger partial charge in [0, 0.05) is 44.4 Å². The first kappa shape index (κ1) is 27.6. The summed E-state index contributed by atoms with van der Waals surface area (Å²) in [7, 11) is 3.20. The van der Waals surface area contributed by atoms with Crippen LogP contribution in [0.2, 0.25) is 0 Å². The molecule has 4 rings (SSSR count). The summed E-state index contributed by atoms with van der Waals surface area (Å²) in [5, 5.41) is 15.2. The number of Topliss-reactive ketones (excluding diaryl/α,β-unsaturated/α-hetero) is 2. The minimum Gasteiger partial charge on any atom is -0.511 e. The molecule has 204 valence electrons. The highest BCUT2D eigenvalue weighted by atomic mass is 16.5. The molecule has 2 aromatic rings. The molecule has 2 aliphatic rings. The first-order chi connectivity index (χ1) is 17.9. The summed E-state index contributed by atoms with van der Waals surface area (Å²) < 4.78 is 16.2. The van der Waals surface area contributed by atoms with Crippen LogP contribution in [0, 0.1) is 10.8 Å². The van der Waals surface area contributed by atoms with Crippen LogP contribution in [-0.2, 0) is 24.1 Å². The SMILES string of the molecule is COc1ccc(CCN=C2CC(C)(C)CC(=O)C2=C(O)CCc2noc3c2C(=O)CC(C)(C)C3)cc1OC. The molecule has 38 heavy (non-hydrogen) atoms. The van der Waals surface area contributed by atoms with Gasteiger partial charge < -0.3 is 19.1 Å². The first-order valence-corrected chi connectivity index (χ1v) is 13.1. The number of nitrogens with zero attached hydrogens (tertiary/aromatic N) is 2. The maximum Gasteiger partial charge on any atom is 0.168 e. The quantitative estimate of drug-likeness (QED) is 0.351. The fourth-order valence-electron chi connectivity index (χ4n) is 5.46. The average molecular weight is 523 g/mol. The molecule has 1 fully saturated rings. The van der Waals surface area contributed by atoms with Crippen molar-refractivity contribution < 1.29 is 28.7 Å². The minimum atomic E-state index is -0.243. The van der Waals surface area contributed by atoms with Crippen LogP contribution in [0.4, 0.5) is 0 Å². The van der Waals surface area contributed by atoms with Crippen LogP contribution in [0.5, 0.6) is 11.5 Å². The van der Waals surface area contributed by atoms with Crippen LogP contribution in [0.15, 0.2) is 39.0 Å². The van der Waals surface area contributed by atoms with Crippen molar-refractivity contribution in [2.75, 3.05) is 20.8 Å². The number of hydrogen-bond acceptors (Lipinski definition) is 8. The van der Waals surface area contributed by atoms with Gasteiger partial charge >= 0.3 is 0 Å². The zero-order chi connectivity index (χ0) is 27.7. The van der Waals surface area contributed by atoms with Crippen LogP contribution in [-0.4, -0.2) is 48.3 Å². The van der Waals surface area contributed by atoms with Crippen LogP contribution in [0.3, 0.4) is 0 Å². The van der Waals surface area contributed by atoms with Crippen LogP contribution < -0.4 is 9.47 Å². The highest BCUT2D eigenvalue weighted by molar-refractivity contribution is 6.24. The fourth-order valence-corrected chi connectivity index (χ4v) is 5.46. The third kappa shape index (κ3) is 6.00. The predicted molar refractivity (Wildman–Crippen MR) is 144 cm³/mol. The number of ketones is 2. The molecule has 0 atom stereocenters. The number of carbonyl (C=O) groups excluding carboxylic acids is 2. The number of aryl methyl sites for hydroxylation is 1. The van der Waals surface area contributed by atoms with Gasteiger partial charge in [0.2, 0.25) is 0 Å². The zero-order valence-corrected chi connectivity index (χ0v) is 23.3. The van der Waals surface area contributed by atoms with Crippen molar-refractivity contribution in [1.82, 2.24) is 5.16 Å². The monoisotopic (exact) mass is 522 g/mol. The fraction of sp³-hybridized carbons (Fsp3) is 0.533. The number of ether oxygens (including phenoxy) is 2. The third-order valence-electron chi connectivity index (χ3n) is 7.28. The number of aliphatic hydroxyl groups is 1. The number of fused-ring (bicyclic) bond motifs is 1. The Morgan fingerprint density at radius 3 is 2.37 bits per heavy atom. The van der Waals surface area contributed by atoms with Gasteiger partial charge in [0.1, 0.15) is 11.5 Å². The Labute approximate surface area is 224 Å². The summed E-state index contributed by atoms with van der Waals surface area (Å²) in [6, 6.07) is 5.75. The van der Waals surface area contributed by atoms with Crippen molar-refractivity contribution in [3.8, 4) is 11.5 Å². The molecule has 1 saturated carbocycles. The lowest BCUT2D eigenvalue weighted by atomic mass is 9.73. The summed E-state index contributed by atoms with van der Waals surface area (Å²) in [5.41, 5.74) is 2.66. The standard InChI is InChI=1S/C30H38N2O6/c1-29(2)14-20(31-12-11-18-7-10-24(36-5)25(13-18)37-6)27(22(34)15-29)21(33)9-8-19-28-23(35)16-30(3,4)17-26(28)38-32-19/h7,10,13,33H,8-9,11-12,14-17H2,1-6H3. The largest absolute Gasteiger partial charge is 0.511 e. The van der Waals surface area contributed by atoms with E-state index in [2.05, 4.69) is 5.16 Å². The first-order valence-electron chi connectivity index (χ1n) is 13.1. The molecule has 1 aromatic heterocycles. The average Bonchev–Trinajstić information content (AvgIpc) is 3.23. The van der Waals surface area contributed by atoms with Gasteiger partial charge in [-0.2, -0.15) is 0 Å². The number of hydrogen-bond donors (Lipinski definition) is 1. The lowest BCUT2D eigenvalue weighted by Crippen LogP contribution is -2.33. The number of aliphatic hydroxyl groups excluding tert-OH is 1. The van der Waals surface area contributed by atoms with Gasteiger partial charge in [0.15, 0.2) is 23.1 Å². The van der Waals surface area contributed by atoms with Crippen molar-refractivity contribution in [3.63, 3.8) is 0 Å². The van der Waals surface area contributed by atoms with E-state index in [9.17, 15) is 14.7 Å². The molecule has 2 aliphatic carbocycles. The lowest BCUT2D eigenvalue weighted by Gasteiger charge is -2.31. The number of carbonyl (C=O) groups is 2. The lowest BCUT2D eigenvalue weighted by molar-refractivity contribution is -0.117. The van der Waals surface area contributed by atoms with Crippen LogP contribution in [0.1, 0.15) is 80.8 Å². The summed E-state index contributed by atoms with van der Waals surface area (Å²) in [4.78, 5) is 30.7. The Morgan fingerprint density at radius 2 is 1.66 bits per heavy atom. The maximum atomic E-state index is 13.1. The molecular weight excluding hydrogens is 484 g/mol. The molecule has 0 unspecified atom stereocenters. The second-order valence-corrected chi connectivity index (χ2v) is 11.9. The Balaban J connectivity index is 1.53. The maximum absolute atomic E-state index is 13.1. The molecule has 1 N–H and O–H groups in total. The van der Waals surface area contributed by atoms with E-state index in [0.29, 0.717) is 84.9 Å². The normalized spacial score (nSPS) is 20.8. The number of rotatable bonds is 8. The van der Waals surface area contributed by atoms with Crippen molar-refractivity contribution in [2.24, 2.45) is 15.8 Å². The predicted octanol–water partition coefficient (Wildman–Crippen LogP) is 5.66. The molecule has 0 spiro atoms. The molecular formula is C30H38N2O6. The second kappa shape index (κ2) is 10.8. The molecule has 8 heteroatoms. The van der Waals surface area contributed by atoms with Crippen molar-refractivity contribution in [2.45, 2.75) is 72.6 Å². The van der Waals surface area contributed by atoms with Gasteiger partial charge in [-0.3, -0.25) is 14.6 Å². The number of methoxy groups -OCH3 is 2. The summed E-state index contributed by atoms with van der Waals surface area (Å²) >= 11 is 0. The molecule has 0 saturated heterocycles. The Hall–Kier alpha value is -3.42. The summed E-state index contributed by atoms with van der Waals surface area (Å²) in [6.07, 6.45) is 3.17. The van der Waals surface area contributed by atoms with E-state index in [1.165, 1.54) is 0 Å². The van der Waals surface area contributed by atoms with E-state index < -0.39 is 0 Å². The van der Waals surface area contributed by atoms with E-state index >= 15 is 0 Å². The molecule has 1 aromatic carbocycles. The van der Waals surface area contributed by atoms with E-state index in [4.69, 9.17) is 19.0 Å². The highest BCUT2D eigenvalue weighted by Crippen LogP contribution is 2.38. The Bertz CT molecular complexity index is 1300. The van der Waals surface area contributed by atoms with Crippen molar-refractivity contribution in [3.05, 3.63) is 52.1 Å². The van der Waals surface area contributed by atoms with Gasteiger partial charge in [0.05, 0.1) is 31.1 Å². The van der Waals surface area contributed by atoms with E-state index in [0.717, 1.165) is 5.56 Å². The van der Waals surface area contributed by atoms with Gasteiger partial charge in [-0.1, -0.05) is 38.9 Å². The third-order valence-corrected chi connectivity index (χ3v) is 7.28. The van der Waals surface area contributed by atoms with Gasteiger partial charge in [-0.15, -0.1) is 0 Å². The second-order valence-electron chi connectivity index (χ2n) is 11.9. The number of benzene rings is 1. The number of aliphatic imine (C=N–C) groups is 1. The summed E-state index contributed by atoms with van der Waals surface area (Å²) in [6.45, 7) is 8.61. The van der Waals surface area contributed by atoms with E-state index in [1.54, 1.807) is 14.2 Å². The molecule has 0 amide bonds. The van der Waals surface area contributed by atoms with E-state index in [-0.39, 0.29) is 34.6 Å². The van der Waals surface area contributed by atoms with Gasteiger partial charge in [0.25, 0.3) is 0 Å². The van der Waals surface area contributed by atoms with Crippen LogP contribution in [0.25, 0.3) is 0 Å². The molecule has 0 bridgehead atoms. The smallest absolute Gasteiger partial charge is 0.168 e. The molecule has 0 radical (unpaired) electrons. The molecule has 8 nitrogen and oxygen atoms in total. The number of allylic oxidation sites excluding steroid dienone is 2. The van der Waals surface area contributed by atoms with Crippen molar-refractivity contribution in [1.29, 1.82) is 0 Å². The number of aromatic nitrogens is 1. The van der Waals surface area contributed by atoms with Crippen LogP contribution >= 0.6 is 0 Å². The Kier molecular flexibility index (Phi) is 7.81. The van der Waals surface area contributed by atoms with E-state index in [1.807, 2.05) is 45.9 Å². The summed E-state index contributed by atoms with van der Waals surface area (Å²) in [5.74, 6) is 1.84. The topological polar surface area (TPSA) is 111 Å². The molecule has 1 heterocycles. The highest BCUT2D eigenvalue weighted by Gasteiger charge is 2.38. The van der Waals surface area contributed by atoms with Gasteiger partial charge in [-0.25, -0.2) is 0 Å². The van der Waals surface area contributed by atoms with Gasteiger partial charge in [-0.05, 0) is 41.4 Å². The molecule has 0 aliphatic heterocycles. The van der Waals surface area contributed by atoms with Crippen molar-refractivity contribution >= 4 is 17.3 Å². The minimum absolute atomic E-state index is 0.00398. The Morgan fingerprint density at radius 1 is 0.974 bits per heavy atom. The zero-order valence-electron chi connectivity index (χ0n) is 23.3.